The van der Waals surface area contributed by atoms with Crippen LogP contribution < -0.4 is 0 Å². The molecule has 1 nitrogen and oxygen atoms in total. The molecule has 8 rings (SSSR count). The molecular formula is C50H44O. The van der Waals surface area contributed by atoms with E-state index in [-0.39, 0.29) is 0 Å². The molecule has 250 valence electrons. The van der Waals surface area contributed by atoms with E-state index in [1.165, 1.54) is 110 Å². The number of allylic oxidation sites excluding steroid dienone is 5. The molecule has 0 unspecified atom stereocenters. The van der Waals surface area contributed by atoms with E-state index in [4.69, 9.17) is 0 Å². The molecule has 51 heavy (non-hydrogen) atoms. The Balaban J connectivity index is 1.49. The van der Waals surface area contributed by atoms with E-state index < -0.39 is 0 Å². The van der Waals surface area contributed by atoms with Crippen LogP contribution in [0.1, 0.15) is 55.5 Å². The van der Waals surface area contributed by atoms with Gasteiger partial charge in [0.25, 0.3) is 0 Å². The van der Waals surface area contributed by atoms with Crippen molar-refractivity contribution in [1.82, 2.24) is 0 Å². The third kappa shape index (κ3) is 4.98. The Kier molecular flexibility index (Phi) is 8.03. The van der Waals surface area contributed by atoms with Gasteiger partial charge in [-0.3, -0.25) is 0 Å². The molecule has 1 aliphatic carbocycles. The summed E-state index contributed by atoms with van der Waals surface area (Å²) in [6.45, 7) is 15.4. The molecule has 0 heterocycles. The minimum absolute atomic E-state index is 0.380. The average Bonchev–Trinajstić information content (AvgIpc) is 3.57. The van der Waals surface area contributed by atoms with Crippen molar-refractivity contribution in [2.45, 2.75) is 54.9 Å². The van der Waals surface area contributed by atoms with Crippen LogP contribution in [0.4, 0.5) is 0 Å². The van der Waals surface area contributed by atoms with Crippen molar-refractivity contribution in [1.29, 1.82) is 0 Å². The number of benzene rings is 7. The highest BCUT2D eigenvalue weighted by Gasteiger charge is 2.32. The van der Waals surface area contributed by atoms with Gasteiger partial charge in [-0.15, -0.1) is 0 Å². The smallest absolute Gasteiger partial charge is 0.115 e. The van der Waals surface area contributed by atoms with Gasteiger partial charge in [-0.2, -0.15) is 0 Å². The molecule has 7 aromatic carbocycles. The first-order valence-electron chi connectivity index (χ1n) is 18.1. The highest BCUT2D eigenvalue weighted by Crippen LogP contribution is 2.52. The summed E-state index contributed by atoms with van der Waals surface area (Å²) in [7, 11) is 0. The molecule has 0 bridgehead atoms. The van der Waals surface area contributed by atoms with E-state index in [0.717, 1.165) is 12.0 Å². The van der Waals surface area contributed by atoms with E-state index in [9.17, 15) is 5.11 Å². The molecule has 7 aromatic rings. The number of aliphatic hydroxyl groups excluding tert-OH is 1. The van der Waals surface area contributed by atoms with E-state index in [2.05, 4.69) is 157 Å². The standard InChI is InChI=1S/C50H44O/c1-8-45(51)44-28-43-31(5)32(6)46(33(7)48(43)47(44)30(4)29(2)3)50-40-24-16-14-22-38(40)49(39-23-15-17-25-41(39)50)42-27-26-35(34-18-10-9-11-19-34)36-20-12-13-21-37(36)42/h8-27,51H,28H2,1-7H3/b45-8-. The molecule has 1 N–H and O–H groups in total. The fourth-order valence-corrected chi connectivity index (χ4v) is 8.72. The maximum absolute atomic E-state index is 11.2. The van der Waals surface area contributed by atoms with Gasteiger partial charge < -0.3 is 5.11 Å². The molecular weight excluding hydrogens is 617 g/mol. The van der Waals surface area contributed by atoms with Crippen LogP contribution in [0.15, 0.2) is 144 Å². The summed E-state index contributed by atoms with van der Waals surface area (Å²) in [6.07, 6.45) is 2.58. The molecule has 1 heteroatoms. The van der Waals surface area contributed by atoms with Gasteiger partial charge in [-0.25, -0.2) is 0 Å². The first-order chi connectivity index (χ1) is 24.7. The van der Waals surface area contributed by atoms with Crippen molar-refractivity contribution >= 4 is 37.9 Å². The van der Waals surface area contributed by atoms with Crippen molar-refractivity contribution in [3.63, 3.8) is 0 Å². The van der Waals surface area contributed by atoms with Gasteiger partial charge >= 0.3 is 0 Å². The lowest BCUT2D eigenvalue weighted by atomic mass is 9.78. The first-order valence-corrected chi connectivity index (χ1v) is 18.1. The first kappa shape index (κ1) is 32.5. The van der Waals surface area contributed by atoms with Gasteiger partial charge in [0.1, 0.15) is 5.76 Å². The predicted molar refractivity (Wildman–Crippen MR) is 221 cm³/mol. The zero-order valence-corrected chi connectivity index (χ0v) is 30.7. The molecule has 0 amide bonds. The van der Waals surface area contributed by atoms with Crippen LogP contribution in [0.5, 0.6) is 0 Å². The number of fused-ring (bicyclic) bond motifs is 4. The van der Waals surface area contributed by atoms with Crippen LogP contribution in [0.3, 0.4) is 0 Å². The molecule has 1 aliphatic rings. The maximum atomic E-state index is 11.2. The number of hydrogen-bond donors (Lipinski definition) is 1. The van der Waals surface area contributed by atoms with E-state index >= 15 is 0 Å². The summed E-state index contributed by atoms with van der Waals surface area (Å²) in [5.41, 5.74) is 18.8. The molecule has 0 fully saturated rings. The van der Waals surface area contributed by atoms with Crippen LogP contribution in [0, 0.1) is 20.8 Å². The maximum Gasteiger partial charge on any atom is 0.115 e. The second-order valence-corrected chi connectivity index (χ2v) is 14.3. The Bertz CT molecular complexity index is 2600. The zero-order valence-electron chi connectivity index (χ0n) is 30.7. The largest absolute Gasteiger partial charge is 0.508 e. The minimum Gasteiger partial charge on any atom is -0.508 e. The van der Waals surface area contributed by atoms with Gasteiger partial charge in [0.05, 0.1) is 0 Å². The van der Waals surface area contributed by atoms with Gasteiger partial charge in [-0.1, -0.05) is 121 Å². The Morgan fingerprint density at radius 2 is 1.00 bits per heavy atom. The van der Waals surface area contributed by atoms with Crippen LogP contribution in [-0.4, -0.2) is 5.11 Å². The lowest BCUT2D eigenvalue weighted by Crippen LogP contribution is -2.03. The topological polar surface area (TPSA) is 20.2 Å². The zero-order chi connectivity index (χ0) is 35.6. The minimum atomic E-state index is 0.380. The summed E-state index contributed by atoms with van der Waals surface area (Å²) in [5, 5.41) is 18.8. The molecule has 0 radical (unpaired) electrons. The number of aliphatic hydroxyl groups is 1. The molecule has 0 aromatic heterocycles. The highest BCUT2D eigenvalue weighted by atomic mass is 16.3. The third-order valence-corrected chi connectivity index (χ3v) is 11.5. The molecule has 0 spiro atoms. The van der Waals surface area contributed by atoms with Crippen molar-refractivity contribution in [2.75, 3.05) is 0 Å². The summed E-state index contributed by atoms with van der Waals surface area (Å²) < 4.78 is 0. The van der Waals surface area contributed by atoms with Crippen LogP contribution in [0.2, 0.25) is 0 Å². The molecule has 0 aliphatic heterocycles. The summed E-state index contributed by atoms with van der Waals surface area (Å²) >= 11 is 0. The van der Waals surface area contributed by atoms with Gasteiger partial charge in [0.15, 0.2) is 0 Å². The van der Waals surface area contributed by atoms with Crippen molar-refractivity contribution in [3.8, 4) is 33.4 Å². The number of hydrogen-bond acceptors (Lipinski definition) is 1. The average molecular weight is 661 g/mol. The lowest BCUT2D eigenvalue weighted by Gasteiger charge is -2.25. The summed E-state index contributed by atoms with van der Waals surface area (Å²) in [4.78, 5) is 0. The highest BCUT2D eigenvalue weighted by molar-refractivity contribution is 6.24. The van der Waals surface area contributed by atoms with Crippen molar-refractivity contribution in [3.05, 3.63) is 172 Å². The monoisotopic (exact) mass is 660 g/mol. The SMILES string of the molecule is C/C=C(\O)C1=C(C(C)=C(C)C)c2c(C)c(-c3c4ccccc4c(-c4ccc(-c5ccccc5)c5ccccc45)c4ccccc34)c(C)c(C)c2C1. The van der Waals surface area contributed by atoms with Crippen molar-refractivity contribution < 1.29 is 5.11 Å². The second kappa shape index (κ2) is 12.6. The Labute approximate surface area is 301 Å². The predicted octanol–water partition coefficient (Wildman–Crippen LogP) is 14.2. The lowest BCUT2D eigenvalue weighted by molar-refractivity contribution is 0.421. The number of rotatable bonds is 5. The normalized spacial score (nSPS) is 13.0. The molecule has 0 atom stereocenters. The fourth-order valence-electron chi connectivity index (χ4n) is 8.72. The van der Waals surface area contributed by atoms with Crippen LogP contribution in [0.25, 0.3) is 71.3 Å². The van der Waals surface area contributed by atoms with Crippen molar-refractivity contribution in [2.24, 2.45) is 0 Å². The van der Waals surface area contributed by atoms with Gasteiger partial charge in [-0.05, 0) is 159 Å². The Morgan fingerprint density at radius 3 is 1.55 bits per heavy atom. The van der Waals surface area contributed by atoms with E-state index in [0.29, 0.717) is 5.76 Å². The second-order valence-electron chi connectivity index (χ2n) is 14.3. The summed E-state index contributed by atoms with van der Waals surface area (Å²) in [5.74, 6) is 0.380. The van der Waals surface area contributed by atoms with E-state index in [1.54, 1.807) is 0 Å². The fraction of sp³-hybridized carbons (Fsp3) is 0.160. The van der Waals surface area contributed by atoms with Gasteiger partial charge in [0.2, 0.25) is 0 Å². The molecule has 0 saturated carbocycles. The quantitative estimate of drug-likeness (QED) is 0.144. The van der Waals surface area contributed by atoms with E-state index in [1.807, 2.05) is 13.0 Å². The Hall–Kier alpha value is -5.66. The van der Waals surface area contributed by atoms with Gasteiger partial charge in [0, 0.05) is 12.0 Å². The Morgan fingerprint density at radius 1 is 0.510 bits per heavy atom. The summed E-state index contributed by atoms with van der Waals surface area (Å²) in [6, 6.07) is 42.2. The third-order valence-electron chi connectivity index (χ3n) is 11.5. The molecule has 0 saturated heterocycles. The van der Waals surface area contributed by atoms with Crippen LogP contribution in [-0.2, 0) is 6.42 Å². The van der Waals surface area contributed by atoms with Crippen LogP contribution >= 0.6 is 0 Å².